The Morgan fingerprint density at radius 1 is 0.838 bits per heavy atom. The summed E-state index contributed by atoms with van der Waals surface area (Å²) >= 11 is 0. The first-order valence-corrected chi connectivity index (χ1v) is 12.5. The molecule has 1 unspecified atom stereocenters. The molecular weight excluding hydrogens is 462 g/mol. The molecule has 0 bridgehead atoms. The van der Waals surface area contributed by atoms with Gasteiger partial charge in [-0.25, -0.2) is 4.79 Å². The predicted octanol–water partition coefficient (Wildman–Crippen LogP) is 6.84. The highest BCUT2D eigenvalue weighted by Crippen LogP contribution is 2.42. The number of nitrogens with zero attached hydrogens (tertiary/aromatic N) is 1. The number of rotatable bonds is 9. The second-order valence-corrected chi connectivity index (χ2v) is 9.23. The van der Waals surface area contributed by atoms with Gasteiger partial charge >= 0.3 is 6.09 Å². The molecule has 1 amide bonds. The fourth-order valence-electron chi connectivity index (χ4n) is 4.67. The van der Waals surface area contributed by atoms with Gasteiger partial charge in [0.15, 0.2) is 11.9 Å². The van der Waals surface area contributed by atoms with Crippen molar-refractivity contribution in [1.29, 1.82) is 0 Å². The lowest BCUT2D eigenvalue weighted by Crippen LogP contribution is -2.33. The van der Waals surface area contributed by atoms with Gasteiger partial charge in [0.25, 0.3) is 0 Å². The summed E-state index contributed by atoms with van der Waals surface area (Å²) in [6.45, 7) is 2.32. The highest BCUT2D eigenvalue weighted by atomic mass is 16.6. The number of hydrogen-bond donors (Lipinski definition) is 0. The van der Waals surface area contributed by atoms with Crippen LogP contribution in [0.15, 0.2) is 109 Å². The lowest BCUT2D eigenvalue weighted by molar-refractivity contribution is -0.126. The summed E-state index contributed by atoms with van der Waals surface area (Å²) in [5.41, 5.74) is 4.49. The quantitative estimate of drug-likeness (QED) is 0.257. The predicted molar refractivity (Wildman–Crippen MR) is 144 cm³/mol. The summed E-state index contributed by atoms with van der Waals surface area (Å²) in [5, 5.41) is 0. The van der Waals surface area contributed by atoms with Gasteiger partial charge in [-0.2, -0.15) is 0 Å². The Labute approximate surface area is 217 Å². The molecule has 1 aliphatic rings. The van der Waals surface area contributed by atoms with Crippen molar-refractivity contribution in [1.82, 2.24) is 0 Å². The number of carbonyl (C=O) groups is 2. The molecule has 1 fully saturated rings. The van der Waals surface area contributed by atoms with Crippen LogP contribution in [-0.4, -0.2) is 18.0 Å². The Morgan fingerprint density at radius 2 is 1.46 bits per heavy atom. The molecule has 37 heavy (non-hydrogen) atoms. The molecule has 5 heteroatoms. The first-order chi connectivity index (χ1) is 18.1. The van der Waals surface area contributed by atoms with Crippen LogP contribution >= 0.6 is 0 Å². The van der Waals surface area contributed by atoms with E-state index in [0.29, 0.717) is 24.5 Å². The Morgan fingerprint density at radius 3 is 2.14 bits per heavy atom. The fraction of sp³-hybridized carbons (Fsp3) is 0.188. The van der Waals surface area contributed by atoms with Crippen LogP contribution in [0.3, 0.4) is 0 Å². The van der Waals surface area contributed by atoms with Crippen molar-refractivity contribution in [3.05, 3.63) is 131 Å². The lowest BCUT2D eigenvalue weighted by Gasteiger charge is -2.26. The molecule has 1 aliphatic heterocycles. The van der Waals surface area contributed by atoms with Crippen LogP contribution < -0.4 is 9.64 Å². The van der Waals surface area contributed by atoms with Crippen molar-refractivity contribution >= 4 is 17.6 Å². The zero-order valence-corrected chi connectivity index (χ0v) is 20.7. The van der Waals surface area contributed by atoms with E-state index in [1.165, 1.54) is 0 Å². The molecule has 5 nitrogen and oxygen atoms in total. The Bertz CT molecular complexity index is 1360. The van der Waals surface area contributed by atoms with Crippen molar-refractivity contribution in [3.8, 4) is 5.75 Å². The Kier molecular flexibility index (Phi) is 7.31. The summed E-state index contributed by atoms with van der Waals surface area (Å²) in [6.07, 6.45) is -0.599. The molecule has 0 saturated carbocycles. The van der Waals surface area contributed by atoms with Crippen molar-refractivity contribution in [3.63, 3.8) is 0 Å². The fourth-order valence-corrected chi connectivity index (χ4v) is 4.67. The lowest BCUT2D eigenvalue weighted by atomic mass is 9.94. The van der Waals surface area contributed by atoms with E-state index in [-0.39, 0.29) is 12.2 Å². The molecule has 4 aromatic carbocycles. The van der Waals surface area contributed by atoms with Gasteiger partial charge in [0.1, 0.15) is 18.4 Å². The minimum Gasteiger partial charge on any atom is -0.487 e. The van der Waals surface area contributed by atoms with Crippen molar-refractivity contribution < 1.29 is 19.1 Å². The van der Waals surface area contributed by atoms with Gasteiger partial charge in [0, 0.05) is 6.42 Å². The number of aryl methyl sites for hydroxylation is 2. The second-order valence-electron chi connectivity index (χ2n) is 9.23. The molecule has 1 heterocycles. The maximum absolute atomic E-state index is 13.5. The largest absolute Gasteiger partial charge is 0.487 e. The summed E-state index contributed by atoms with van der Waals surface area (Å²) in [5.74, 6) is 0.456. The van der Waals surface area contributed by atoms with Crippen LogP contribution in [0, 0.1) is 6.92 Å². The van der Waals surface area contributed by atoms with Gasteiger partial charge in [0.05, 0.1) is 5.69 Å². The van der Waals surface area contributed by atoms with Crippen molar-refractivity contribution in [2.45, 2.75) is 38.5 Å². The number of anilines is 1. The summed E-state index contributed by atoms with van der Waals surface area (Å²) in [4.78, 5) is 28.4. The summed E-state index contributed by atoms with van der Waals surface area (Å²) in [6, 6.07) is 34.4. The van der Waals surface area contributed by atoms with Gasteiger partial charge in [-0.15, -0.1) is 0 Å². The van der Waals surface area contributed by atoms with E-state index in [0.717, 1.165) is 22.3 Å². The monoisotopic (exact) mass is 491 g/mol. The topological polar surface area (TPSA) is 55.8 Å². The SMILES string of the molecule is Cc1ccc(OCc2ccccc2)c(N2C(=O)O[C@H](C(=O)CCc3ccccc3)C2c2ccccc2)c1. The first kappa shape index (κ1) is 24.3. The van der Waals surface area contributed by atoms with Crippen LogP contribution in [-0.2, 0) is 22.6 Å². The molecule has 0 aliphatic carbocycles. The Hall–Kier alpha value is -4.38. The van der Waals surface area contributed by atoms with Crippen LogP contribution in [0.25, 0.3) is 0 Å². The normalized spacial score (nSPS) is 16.9. The summed E-state index contributed by atoms with van der Waals surface area (Å²) in [7, 11) is 0. The van der Waals surface area contributed by atoms with Gasteiger partial charge < -0.3 is 9.47 Å². The zero-order chi connectivity index (χ0) is 25.6. The van der Waals surface area contributed by atoms with E-state index >= 15 is 0 Å². The van der Waals surface area contributed by atoms with E-state index in [2.05, 4.69) is 0 Å². The third-order valence-electron chi connectivity index (χ3n) is 6.56. The third-order valence-corrected chi connectivity index (χ3v) is 6.56. The summed E-state index contributed by atoms with van der Waals surface area (Å²) < 4.78 is 12.0. The van der Waals surface area contributed by atoms with Crippen LogP contribution in [0.1, 0.15) is 34.7 Å². The van der Waals surface area contributed by atoms with Gasteiger partial charge in [-0.05, 0) is 47.7 Å². The van der Waals surface area contributed by atoms with E-state index in [1.807, 2.05) is 116 Å². The average Bonchev–Trinajstić information content (AvgIpc) is 3.29. The van der Waals surface area contributed by atoms with Crippen LogP contribution in [0.4, 0.5) is 10.5 Å². The molecule has 4 aromatic rings. The first-order valence-electron chi connectivity index (χ1n) is 12.5. The number of ketones is 1. The van der Waals surface area contributed by atoms with Crippen LogP contribution in [0.2, 0.25) is 0 Å². The maximum atomic E-state index is 13.5. The maximum Gasteiger partial charge on any atom is 0.415 e. The van der Waals surface area contributed by atoms with E-state index in [4.69, 9.17) is 9.47 Å². The van der Waals surface area contributed by atoms with E-state index < -0.39 is 18.2 Å². The molecule has 5 rings (SSSR count). The molecule has 0 aromatic heterocycles. The van der Waals surface area contributed by atoms with Crippen LogP contribution in [0.5, 0.6) is 5.75 Å². The van der Waals surface area contributed by atoms with E-state index in [9.17, 15) is 9.59 Å². The molecule has 0 radical (unpaired) electrons. The standard InChI is InChI=1S/C32H29NO4/c1-23-17-20-29(36-22-25-13-7-3-8-14-25)27(21-23)33-30(26-15-9-4-10-16-26)31(37-32(33)35)28(34)19-18-24-11-5-2-6-12-24/h2-17,20-21,30-31H,18-19,22H2,1H3/t30?,31-/m1/s1. The Balaban J connectivity index is 1.46. The number of benzene rings is 4. The number of amides is 1. The average molecular weight is 492 g/mol. The molecule has 1 saturated heterocycles. The van der Waals surface area contributed by atoms with Crippen molar-refractivity contribution in [2.24, 2.45) is 0 Å². The molecule has 0 spiro atoms. The minimum atomic E-state index is -0.916. The number of hydrogen-bond acceptors (Lipinski definition) is 4. The molecule has 2 atom stereocenters. The number of carbonyl (C=O) groups excluding carboxylic acids is 2. The molecule has 186 valence electrons. The number of ether oxygens (including phenoxy) is 2. The molecule has 0 N–H and O–H groups in total. The van der Waals surface area contributed by atoms with E-state index in [1.54, 1.807) is 4.90 Å². The van der Waals surface area contributed by atoms with Crippen molar-refractivity contribution in [2.75, 3.05) is 4.90 Å². The minimum absolute atomic E-state index is 0.104. The van der Waals surface area contributed by atoms with Gasteiger partial charge in [0.2, 0.25) is 0 Å². The van der Waals surface area contributed by atoms with Gasteiger partial charge in [-0.1, -0.05) is 97.1 Å². The van der Waals surface area contributed by atoms with Gasteiger partial charge in [-0.3, -0.25) is 9.69 Å². The smallest absolute Gasteiger partial charge is 0.415 e. The highest BCUT2D eigenvalue weighted by Gasteiger charge is 2.47. The number of Topliss-reactive ketones (excluding diaryl/α,β-unsaturated/α-hetero) is 1. The third kappa shape index (κ3) is 5.56. The zero-order valence-electron chi connectivity index (χ0n) is 20.7. The number of cyclic esters (lactones) is 1. The highest BCUT2D eigenvalue weighted by molar-refractivity contribution is 5.99. The molecular formula is C32H29NO4. The second kappa shape index (κ2) is 11.1.